The quantitative estimate of drug-likeness (QED) is 0.520. The molecule has 0 bridgehead atoms. The minimum absolute atomic E-state index is 0.0729. The number of hydrogen-bond donors (Lipinski definition) is 2. The molecule has 0 saturated carbocycles. The second kappa shape index (κ2) is 7.88. The fraction of sp³-hybridized carbons (Fsp3) is 0.818. The Labute approximate surface area is 106 Å². The van der Waals surface area contributed by atoms with E-state index in [2.05, 4.69) is 10.1 Å². The summed E-state index contributed by atoms with van der Waals surface area (Å²) in [6.07, 6.45) is -0.731. The van der Waals surface area contributed by atoms with Crippen LogP contribution in [0.4, 0.5) is 4.79 Å². The highest BCUT2D eigenvalue weighted by molar-refractivity contribution is 5.81. The number of methoxy groups -OCH3 is 1. The molecule has 0 unspecified atom stereocenters. The molecule has 18 heavy (non-hydrogen) atoms. The molecule has 0 aliphatic carbocycles. The van der Waals surface area contributed by atoms with Gasteiger partial charge in [-0.2, -0.15) is 0 Å². The first-order valence-electron chi connectivity index (χ1n) is 5.56. The highest BCUT2D eigenvalue weighted by atomic mass is 16.6. The Morgan fingerprint density at radius 2 is 1.94 bits per heavy atom. The molecule has 1 atom stereocenters. The molecule has 106 valence electrons. The summed E-state index contributed by atoms with van der Waals surface area (Å²) in [5.74, 6) is -0.640. The number of alkyl carbamates (subject to hydrolysis) is 1. The molecule has 0 aromatic heterocycles. The molecular weight excluding hydrogens is 242 g/mol. The van der Waals surface area contributed by atoms with Crippen molar-refractivity contribution in [2.24, 2.45) is 0 Å². The molecule has 0 fully saturated rings. The van der Waals surface area contributed by atoms with Crippen molar-refractivity contribution in [2.45, 2.75) is 32.4 Å². The summed E-state index contributed by atoms with van der Waals surface area (Å²) in [6.45, 7) is 4.95. The van der Waals surface area contributed by atoms with E-state index in [1.54, 1.807) is 20.8 Å². The van der Waals surface area contributed by atoms with Crippen LogP contribution in [-0.2, 0) is 19.0 Å². The van der Waals surface area contributed by atoms with Crippen LogP contribution in [0.5, 0.6) is 0 Å². The van der Waals surface area contributed by atoms with Gasteiger partial charge in [-0.3, -0.25) is 0 Å². The Morgan fingerprint density at radius 1 is 1.33 bits per heavy atom. The number of rotatable bonds is 6. The smallest absolute Gasteiger partial charge is 0.408 e. The van der Waals surface area contributed by atoms with Gasteiger partial charge in [-0.15, -0.1) is 0 Å². The summed E-state index contributed by atoms with van der Waals surface area (Å²) in [5, 5.41) is 10.9. The van der Waals surface area contributed by atoms with Gasteiger partial charge in [-0.05, 0) is 20.8 Å². The standard InChI is InChI=1S/C11H21NO6/c1-11(2,3)18-10(15)12-8(9(14)16-4)7-17-6-5-13/h8,13H,5-7H2,1-4H3,(H,12,15)/t8-/m1/s1. The lowest BCUT2D eigenvalue weighted by atomic mass is 10.2. The Hall–Kier alpha value is -1.34. The number of esters is 1. The molecule has 7 nitrogen and oxygen atoms in total. The number of nitrogens with one attached hydrogen (secondary N) is 1. The molecule has 0 heterocycles. The molecule has 0 aliphatic rings. The summed E-state index contributed by atoms with van der Waals surface area (Å²) in [7, 11) is 1.21. The average Bonchev–Trinajstić information content (AvgIpc) is 2.24. The number of amides is 1. The van der Waals surface area contributed by atoms with Crippen LogP contribution in [0.2, 0.25) is 0 Å². The largest absolute Gasteiger partial charge is 0.467 e. The van der Waals surface area contributed by atoms with E-state index in [1.807, 2.05) is 0 Å². The van der Waals surface area contributed by atoms with E-state index >= 15 is 0 Å². The Kier molecular flexibility index (Phi) is 7.30. The maximum atomic E-state index is 11.5. The molecule has 0 saturated heterocycles. The second-order valence-corrected chi connectivity index (χ2v) is 4.52. The number of ether oxygens (including phenoxy) is 3. The van der Waals surface area contributed by atoms with Gasteiger partial charge in [0.25, 0.3) is 0 Å². The van der Waals surface area contributed by atoms with Crippen molar-refractivity contribution in [3.63, 3.8) is 0 Å². The van der Waals surface area contributed by atoms with Gasteiger partial charge < -0.3 is 24.6 Å². The molecule has 7 heteroatoms. The average molecular weight is 263 g/mol. The van der Waals surface area contributed by atoms with Crippen molar-refractivity contribution < 1.29 is 28.9 Å². The van der Waals surface area contributed by atoms with Crippen molar-refractivity contribution in [2.75, 3.05) is 26.9 Å². The second-order valence-electron chi connectivity index (χ2n) is 4.52. The summed E-state index contributed by atoms with van der Waals surface area (Å²) in [6, 6.07) is -0.962. The number of carbonyl (C=O) groups is 2. The highest BCUT2D eigenvalue weighted by Crippen LogP contribution is 2.07. The summed E-state index contributed by atoms with van der Waals surface area (Å²) < 4.78 is 14.5. The third kappa shape index (κ3) is 7.86. The van der Waals surface area contributed by atoms with E-state index in [-0.39, 0.29) is 19.8 Å². The van der Waals surface area contributed by atoms with Gasteiger partial charge in [0, 0.05) is 0 Å². The number of hydrogen-bond acceptors (Lipinski definition) is 6. The summed E-state index contributed by atoms with van der Waals surface area (Å²) in [5.41, 5.74) is -0.656. The van der Waals surface area contributed by atoms with Crippen molar-refractivity contribution in [3.8, 4) is 0 Å². The molecular formula is C11H21NO6. The van der Waals surface area contributed by atoms with Crippen molar-refractivity contribution in [3.05, 3.63) is 0 Å². The van der Waals surface area contributed by atoms with Gasteiger partial charge in [0.15, 0.2) is 6.04 Å². The SMILES string of the molecule is COC(=O)[C@@H](COCCO)NC(=O)OC(C)(C)C. The van der Waals surface area contributed by atoms with Crippen LogP contribution in [-0.4, -0.2) is 55.7 Å². The van der Waals surface area contributed by atoms with Crippen LogP contribution >= 0.6 is 0 Å². The van der Waals surface area contributed by atoms with Crippen molar-refractivity contribution >= 4 is 12.1 Å². The van der Waals surface area contributed by atoms with E-state index in [1.165, 1.54) is 7.11 Å². The topological polar surface area (TPSA) is 94.1 Å². The normalized spacial score (nSPS) is 12.7. The van der Waals surface area contributed by atoms with Crippen molar-refractivity contribution in [1.82, 2.24) is 5.32 Å². The monoisotopic (exact) mass is 263 g/mol. The Balaban J connectivity index is 4.31. The first-order valence-corrected chi connectivity index (χ1v) is 5.56. The molecule has 2 N–H and O–H groups in total. The molecule has 0 radical (unpaired) electrons. The molecule has 0 spiro atoms. The van der Waals surface area contributed by atoms with Gasteiger partial charge in [0.1, 0.15) is 5.60 Å². The fourth-order valence-electron chi connectivity index (χ4n) is 1.03. The van der Waals surface area contributed by atoms with Crippen LogP contribution in [0.1, 0.15) is 20.8 Å². The Bertz CT molecular complexity index is 273. The predicted molar refractivity (Wildman–Crippen MR) is 63.1 cm³/mol. The number of aliphatic hydroxyl groups excluding tert-OH is 1. The number of aliphatic hydroxyl groups is 1. The van der Waals surface area contributed by atoms with E-state index in [0.717, 1.165) is 0 Å². The molecule has 0 aromatic rings. The van der Waals surface area contributed by atoms with E-state index < -0.39 is 23.7 Å². The Morgan fingerprint density at radius 3 is 2.39 bits per heavy atom. The highest BCUT2D eigenvalue weighted by Gasteiger charge is 2.25. The van der Waals surface area contributed by atoms with Crippen LogP contribution in [0, 0.1) is 0 Å². The van der Waals surface area contributed by atoms with E-state index in [4.69, 9.17) is 14.6 Å². The van der Waals surface area contributed by atoms with E-state index in [9.17, 15) is 9.59 Å². The van der Waals surface area contributed by atoms with E-state index in [0.29, 0.717) is 0 Å². The third-order valence-electron chi connectivity index (χ3n) is 1.70. The van der Waals surface area contributed by atoms with Crippen molar-refractivity contribution in [1.29, 1.82) is 0 Å². The van der Waals surface area contributed by atoms with Crippen LogP contribution in [0.15, 0.2) is 0 Å². The van der Waals surface area contributed by atoms with Gasteiger partial charge in [0.05, 0.1) is 26.9 Å². The number of carbonyl (C=O) groups excluding carboxylic acids is 2. The fourth-order valence-corrected chi connectivity index (χ4v) is 1.03. The zero-order valence-electron chi connectivity index (χ0n) is 11.2. The first-order chi connectivity index (χ1) is 8.30. The molecule has 0 aromatic carbocycles. The minimum atomic E-state index is -0.962. The van der Waals surface area contributed by atoms with Gasteiger partial charge in [0.2, 0.25) is 0 Å². The van der Waals surface area contributed by atoms with Gasteiger partial charge >= 0.3 is 12.1 Å². The first kappa shape index (κ1) is 16.7. The molecule has 1 amide bonds. The molecule has 0 aliphatic heterocycles. The third-order valence-corrected chi connectivity index (χ3v) is 1.70. The van der Waals surface area contributed by atoms with Crippen LogP contribution in [0.3, 0.4) is 0 Å². The zero-order valence-corrected chi connectivity index (χ0v) is 11.2. The maximum Gasteiger partial charge on any atom is 0.408 e. The van der Waals surface area contributed by atoms with Gasteiger partial charge in [-0.1, -0.05) is 0 Å². The summed E-state index contributed by atoms with van der Waals surface area (Å²) in [4.78, 5) is 22.8. The lowest BCUT2D eigenvalue weighted by molar-refractivity contribution is -0.144. The lowest BCUT2D eigenvalue weighted by Gasteiger charge is -2.22. The lowest BCUT2D eigenvalue weighted by Crippen LogP contribution is -2.46. The minimum Gasteiger partial charge on any atom is -0.467 e. The van der Waals surface area contributed by atoms with Crippen LogP contribution < -0.4 is 5.32 Å². The van der Waals surface area contributed by atoms with Gasteiger partial charge in [-0.25, -0.2) is 9.59 Å². The molecule has 0 rings (SSSR count). The zero-order chi connectivity index (χ0) is 14.2. The van der Waals surface area contributed by atoms with Crippen LogP contribution in [0.25, 0.3) is 0 Å². The predicted octanol–water partition coefficient (Wildman–Crippen LogP) is 0.0616. The maximum absolute atomic E-state index is 11.5. The summed E-state index contributed by atoms with van der Waals surface area (Å²) >= 11 is 0.